The zero-order valence-corrected chi connectivity index (χ0v) is 58.6. The molecule has 7 N–H and O–H groups in total. The van der Waals surface area contributed by atoms with E-state index in [0.29, 0.717) is 37.7 Å². The number of carbonyl (C=O) groups excluding carboxylic acids is 4. The number of aliphatic hydroxyl groups is 7. The second-order valence-corrected chi connectivity index (χ2v) is 27.7. The first kappa shape index (κ1) is 80.5. The van der Waals surface area contributed by atoms with Crippen LogP contribution in [0.3, 0.4) is 0 Å². The van der Waals surface area contributed by atoms with Gasteiger partial charge in [-0.05, 0) is 71.9 Å². The summed E-state index contributed by atoms with van der Waals surface area (Å²) in [5.74, 6) is -3.71. The Morgan fingerprint density at radius 3 is 1.70 bits per heavy atom. The molecule has 6 saturated heterocycles. The smallest absolute Gasteiger partial charge is 0.331 e. The average molecular weight is 1380 g/mol. The van der Waals surface area contributed by atoms with Crippen LogP contribution in [0.4, 0.5) is 0 Å². The van der Waals surface area contributed by atoms with E-state index >= 15 is 0 Å². The number of unbranched alkanes of at least 4 members (excludes halogenated alkanes) is 10. The first-order chi connectivity index (χ1) is 46.5. The Kier molecular flexibility index (Phi) is 33.8. The number of rotatable bonds is 26. The number of hydrogen-bond donors (Lipinski definition) is 7. The van der Waals surface area contributed by atoms with Gasteiger partial charge in [0, 0.05) is 18.9 Å². The van der Waals surface area contributed by atoms with Crippen molar-refractivity contribution < 1.29 is 121 Å². The highest BCUT2D eigenvalue weighted by atomic mass is 16.8. The van der Waals surface area contributed by atoms with Crippen molar-refractivity contribution in [3.63, 3.8) is 0 Å². The van der Waals surface area contributed by atoms with Gasteiger partial charge in [-0.25, -0.2) is 4.79 Å². The van der Waals surface area contributed by atoms with Crippen LogP contribution in [-0.2, 0) is 85.5 Å². The lowest BCUT2D eigenvalue weighted by atomic mass is 9.95. The monoisotopic (exact) mass is 1380 g/mol. The van der Waals surface area contributed by atoms with Crippen molar-refractivity contribution >= 4 is 30.0 Å². The first-order valence-corrected chi connectivity index (χ1v) is 36.4. The fourth-order valence-corrected chi connectivity index (χ4v) is 13.3. The van der Waals surface area contributed by atoms with Crippen LogP contribution in [0.2, 0.25) is 0 Å². The van der Waals surface area contributed by atoms with Crippen LogP contribution in [0.15, 0.2) is 36.4 Å². The molecular weight excluding hydrogens is 1260 g/mol. The van der Waals surface area contributed by atoms with E-state index in [-0.39, 0.29) is 18.9 Å². The summed E-state index contributed by atoms with van der Waals surface area (Å²) in [5.41, 5.74) is 0.664. The largest absolute Gasteiger partial charge is 0.455 e. The van der Waals surface area contributed by atoms with E-state index in [2.05, 4.69) is 13.8 Å². The van der Waals surface area contributed by atoms with Crippen LogP contribution in [0.1, 0.15) is 222 Å². The van der Waals surface area contributed by atoms with Crippen LogP contribution in [-0.4, -0.2) is 219 Å². The zero-order chi connectivity index (χ0) is 70.3. The van der Waals surface area contributed by atoms with E-state index in [9.17, 15) is 54.9 Å². The third-order valence-corrected chi connectivity index (χ3v) is 19.3. The summed E-state index contributed by atoms with van der Waals surface area (Å²) in [6.07, 6.45) is -16.9. The number of fused-ring (bicyclic) bond motifs is 2. The third kappa shape index (κ3) is 23.6. The summed E-state index contributed by atoms with van der Waals surface area (Å²) in [5, 5.41) is 82.1. The standard InChI is InChI=1S/C72H116O25/c1-10-12-14-15-16-17-21-25-32-38-50(74)92-66-65(97-68-56(80)54(78)52(76)42(5)84-68)61(95-69-58(82)62(60(45(8)86-69)93-67(83)41(3)4)90-51(75)40-39-47-33-28-26-29-34-47)46(9)88-72(66)94-59-44(7)87-71-64(57(59)81)91-49(73)37-31-24-22-19-18-20-23-30-36-48(35-27-13-11-2)89-70-63(96-71)55(79)53(77)43(6)85-70/h26,28-29,33-34,39-46,48,52-66,68-72,76-82H,10-25,27,30-32,35-38H2,1-9H3/b40-39+/t42-,43+,44-,45-,46-,48-,52-,53-,54+,55-,56+,57+,58+,59-,60-,61-,62-,63+,64+,65+,66+,68-,69-,70-,71-,72-/m0/s1. The van der Waals surface area contributed by atoms with Crippen molar-refractivity contribution in [2.75, 3.05) is 0 Å². The van der Waals surface area contributed by atoms with Gasteiger partial charge in [-0.15, -0.1) is 0 Å². The average Bonchev–Trinajstić information content (AvgIpc) is 0.775. The number of benzene rings is 1. The van der Waals surface area contributed by atoms with Crippen molar-refractivity contribution in [2.24, 2.45) is 5.92 Å². The predicted molar refractivity (Wildman–Crippen MR) is 350 cm³/mol. The number of hydrogen-bond acceptors (Lipinski definition) is 25. The highest BCUT2D eigenvalue weighted by Gasteiger charge is 2.59. The van der Waals surface area contributed by atoms with Gasteiger partial charge in [-0.3, -0.25) is 14.4 Å². The molecule has 6 fully saturated rings. The molecule has 6 aliphatic rings. The van der Waals surface area contributed by atoms with Crippen molar-refractivity contribution in [3.8, 4) is 0 Å². The Morgan fingerprint density at radius 2 is 1.02 bits per heavy atom. The summed E-state index contributed by atoms with van der Waals surface area (Å²) in [4.78, 5) is 55.5. The normalized spacial score (nSPS) is 38.4. The van der Waals surface area contributed by atoms with E-state index in [1.54, 1.807) is 52.0 Å². The number of aliphatic hydroxyl groups excluding tert-OH is 7. The maximum atomic E-state index is 14.5. The third-order valence-electron chi connectivity index (χ3n) is 19.3. The molecule has 1 aromatic rings. The molecule has 26 atom stereocenters. The van der Waals surface area contributed by atoms with E-state index in [0.717, 1.165) is 115 Å². The van der Waals surface area contributed by atoms with Gasteiger partial charge < -0.3 is 102 Å². The quantitative estimate of drug-likeness (QED) is 0.0203. The van der Waals surface area contributed by atoms with Gasteiger partial charge in [0.2, 0.25) is 0 Å². The minimum absolute atomic E-state index is 0.0376. The van der Waals surface area contributed by atoms with Crippen molar-refractivity contribution in [1.29, 1.82) is 0 Å². The number of esters is 4. The lowest BCUT2D eigenvalue weighted by Crippen LogP contribution is -2.68. The summed E-state index contributed by atoms with van der Waals surface area (Å²) in [7, 11) is 0. The highest BCUT2D eigenvalue weighted by Crippen LogP contribution is 2.40. The Labute approximate surface area is 573 Å². The Balaban J connectivity index is 1.24. The second-order valence-electron chi connectivity index (χ2n) is 27.7. The fourth-order valence-electron chi connectivity index (χ4n) is 13.3. The predicted octanol–water partition coefficient (Wildman–Crippen LogP) is 7.60. The van der Waals surface area contributed by atoms with Crippen LogP contribution in [0.5, 0.6) is 0 Å². The molecule has 6 heterocycles. The Bertz CT molecular complexity index is 2490. The van der Waals surface area contributed by atoms with Crippen molar-refractivity contribution in [3.05, 3.63) is 42.0 Å². The molecule has 25 nitrogen and oxygen atoms in total. The molecule has 0 radical (unpaired) electrons. The molecule has 0 bridgehead atoms. The molecule has 0 amide bonds. The topological polar surface area (TPSA) is 339 Å². The minimum Gasteiger partial charge on any atom is -0.455 e. The molecule has 0 unspecified atom stereocenters. The molecule has 0 aromatic heterocycles. The summed E-state index contributed by atoms with van der Waals surface area (Å²) in [6.45, 7) is 15.1. The fraction of sp³-hybridized carbons (Fsp3) is 0.833. The molecule has 0 saturated carbocycles. The van der Waals surface area contributed by atoms with Gasteiger partial charge in [-0.1, -0.05) is 174 Å². The van der Waals surface area contributed by atoms with Crippen molar-refractivity contribution in [1.82, 2.24) is 0 Å². The molecule has 1 aromatic carbocycles. The molecule has 0 aliphatic carbocycles. The van der Waals surface area contributed by atoms with Crippen LogP contribution in [0, 0.1) is 5.92 Å². The first-order valence-electron chi connectivity index (χ1n) is 36.4. The molecule has 97 heavy (non-hydrogen) atoms. The Hall–Kier alpha value is -3.84. The van der Waals surface area contributed by atoms with Gasteiger partial charge in [0.1, 0.15) is 67.1 Å². The SMILES string of the molecule is CCCCCCCCCCCC(=O)O[C@H]1[C@H](O[C@@H]2[C@@H](O)[C@H]3OC(=O)CCCCCCCCCC[C@H](CCCCC)O[C@@H]4O[C@H](C)[C@H](O)[C@H](O)[C@H]4O[C@@H]3O[C@H]2C)O[C@@H](C)[C@H](O[C@@H]2O[C@@H](C)[C@H](OC(=O)C(C)C)[C@@H](OC(=O)/C=C/c3ccccc3)[C@H]2O)[C@H]1O[C@@H]1O[C@@H](C)[C@H](O)[C@@H](O)[C@H]1O. The number of ether oxygens (including phenoxy) is 14. The van der Waals surface area contributed by atoms with Gasteiger partial charge in [-0.2, -0.15) is 0 Å². The lowest BCUT2D eigenvalue weighted by Gasteiger charge is -2.51. The van der Waals surface area contributed by atoms with Crippen molar-refractivity contribution in [2.45, 2.75) is 376 Å². The summed E-state index contributed by atoms with van der Waals surface area (Å²) >= 11 is 0. The van der Waals surface area contributed by atoms with Gasteiger partial charge >= 0.3 is 23.9 Å². The molecule has 554 valence electrons. The van der Waals surface area contributed by atoms with Crippen LogP contribution in [0.25, 0.3) is 6.08 Å². The maximum absolute atomic E-state index is 14.5. The van der Waals surface area contributed by atoms with E-state index in [1.165, 1.54) is 26.8 Å². The lowest BCUT2D eigenvalue weighted by molar-refractivity contribution is -0.399. The van der Waals surface area contributed by atoms with Gasteiger partial charge in [0.25, 0.3) is 0 Å². The van der Waals surface area contributed by atoms with Gasteiger partial charge in [0.15, 0.2) is 55.9 Å². The second kappa shape index (κ2) is 40.7. The minimum atomic E-state index is -1.94. The van der Waals surface area contributed by atoms with Crippen LogP contribution >= 0.6 is 0 Å². The molecule has 6 aliphatic heterocycles. The molecule has 7 rings (SSSR count). The molecule has 25 heteroatoms. The van der Waals surface area contributed by atoms with E-state index in [1.807, 2.05) is 6.07 Å². The zero-order valence-electron chi connectivity index (χ0n) is 58.6. The van der Waals surface area contributed by atoms with Gasteiger partial charge in [0.05, 0.1) is 42.5 Å². The maximum Gasteiger partial charge on any atom is 0.331 e. The van der Waals surface area contributed by atoms with E-state index < -0.39 is 183 Å². The van der Waals surface area contributed by atoms with E-state index in [4.69, 9.17) is 66.3 Å². The summed E-state index contributed by atoms with van der Waals surface area (Å²) < 4.78 is 89.6. The molecular formula is C72H116O25. The Morgan fingerprint density at radius 1 is 0.485 bits per heavy atom. The number of carbonyl (C=O) groups is 4. The highest BCUT2D eigenvalue weighted by molar-refractivity contribution is 5.87. The summed E-state index contributed by atoms with van der Waals surface area (Å²) in [6, 6.07) is 8.89. The van der Waals surface area contributed by atoms with Crippen LogP contribution < -0.4 is 0 Å². The molecule has 0 spiro atoms.